The van der Waals surface area contributed by atoms with Crippen LogP contribution in [0.3, 0.4) is 0 Å². The molecule has 35 heavy (non-hydrogen) atoms. The predicted molar refractivity (Wildman–Crippen MR) is 135 cm³/mol. The lowest BCUT2D eigenvalue weighted by Crippen LogP contribution is -2.41. The lowest BCUT2D eigenvalue weighted by molar-refractivity contribution is -0.120. The molecule has 1 amide bonds. The number of rotatable bonds is 10. The van der Waals surface area contributed by atoms with Gasteiger partial charge in [-0.05, 0) is 61.0 Å². The maximum Gasteiger partial charge on any atom is 0.264 e. The fourth-order valence-electron chi connectivity index (χ4n) is 3.42. The molecule has 186 valence electrons. The summed E-state index contributed by atoms with van der Waals surface area (Å²) in [5.41, 5.74) is 1.14. The van der Waals surface area contributed by atoms with Gasteiger partial charge in [0.05, 0.1) is 38.0 Å². The maximum atomic E-state index is 13.6. The molecule has 0 saturated carbocycles. The summed E-state index contributed by atoms with van der Waals surface area (Å²) in [7, 11) is 0.297. The number of carbonyl (C=O) groups excluding carboxylic acids is 1. The van der Waals surface area contributed by atoms with Crippen LogP contribution in [0.5, 0.6) is 17.2 Å². The number of hydrogen-bond acceptors (Lipinski definition) is 6. The number of methoxy groups -OCH3 is 3. The molecular formula is C25H27ClN2O6S. The minimum Gasteiger partial charge on any atom is -0.497 e. The number of amides is 1. The second-order valence-electron chi connectivity index (χ2n) is 7.57. The van der Waals surface area contributed by atoms with Crippen LogP contribution >= 0.6 is 11.6 Å². The van der Waals surface area contributed by atoms with Crippen molar-refractivity contribution >= 4 is 33.2 Å². The molecule has 0 fully saturated rings. The lowest BCUT2D eigenvalue weighted by atomic mass is 10.1. The quantitative estimate of drug-likeness (QED) is 0.426. The molecule has 0 unspecified atom stereocenters. The third-order valence-electron chi connectivity index (χ3n) is 5.34. The second kappa shape index (κ2) is 11.3. The Morgan fingerprint density at radius 1 is 0.914 bits per heavy atom. The molecule has 1 atom stereocenters. The van der Waals surface area contributed by atoms with Crippen LogP contribution in [-0.4, -0.2) is 42.2 Å². The number of sulfonamides is 1. The Hall–Kier alpha value is -3.43. The summed E-state index contributed by atoms with van der Waals surface area (Å²) in [4.78, 5) is 12.9. The molecule has 0 aromatic heterocycles. The molecular weight excluding hydrogens is 492 g/mol. The van der Waals surface area contributed by atoms with Gasteiger partial charge in [-0.2, -0.15) is 0 Å². The molecule has 1 N–H and O–H groups in total. The van der Waals surface area contributed by atoms with Crippen molar-refractivity contribution in [3.63, 3.8) is 0 Å². The summed E-state index contributed by atoms with van der Waals surface area (Å²) >= 11 is 6.00. The summed E-state index contributed by atoms with van der Waals surface area (Å²) in [6.45, 7) is 1.37. The van der Waals surface area contributed by atoms with Crippen molar-refractivity contribution in [3.8, 4) is 17.2 Å². The van der Waals surface area contributed by atoms with E-state index in [1.54, 1.807) is 43.5 Å². The first-order valence-corrected chi connectivity index (χ1v) is 12.4. The van der Waals surface area contributed by atoms with Crippen LogP contribution in [-0.2, 0) is 14.8 Å². The molecule has 3 aromatic rings. The van der Waals surface area contributed by atoms with Gasteiger partial charge >= 0.3 is 0 Å². The van der Waals surface area contributed by atoms with Crippen molar-refractivity contribution in [1.82, 2.24) is 5.32 Å². The average molecular weight is 519 g/mol. The molecule has 0 bridgehead atoms. The van der Waals surface area contributed by atoms with Gasteiger partial charge in [-0.25, -0.2) is 8.42 Å². The first-order chi connectivity index (χ1) is 16.7. The lowest BCUT2D eigenvalue weighted by Gasteiger charge is -2.25. The van der Waals surface area contributed by atoms with Crippen molar-refractivity contribution < 1.29 is 27.4 Å². The Balaban J connectivity index is 1.91. The number of nitrogens with one attached hydrogen (secondary N) is 1. The van der Waals surface area contributed by atoms with Crippen LogP contribution in [0.25, 0.3) is 0 Å². The number of benzene rings is 3. The van der Waals surface area contributed by atoms with Gasteiger partial charge in [0.25, 0.3) is 10.0 Å². The monoisotopic (exact) mass is 518 g/mol. The molecule has 8 nitrogen and oxygen atoms in total. The minimum atomic E-state index is -4.15. The van der Waals surface area contributed by atoms with Gasteiger partial charge in [-0.3, -0.25) is 9.10 Å². The Labute approximate surface area is 210 Å². The second-order valence-corrected chi connectivity index (χ2v) is 9.87. The number of halogens is 1. The van der Waals surface area contributed by atoms with Crippen molar-refractivity contribution in [2.24, 2.45) is 0 Å². The van der Waals surface area contributed by atoms with E-state index in [4.69, 9.17) is 25.8 Å². The highest BCUT2D eigenvalue weighted by atomic mass is 35.5. The molecule has 0 saturated heterocycles. The summed E-state index contributed by atoms with van der Waals surface area (Å²) in [6, 6.07) is 17.4. The summed E-state index contributed by atoms with van der Waals surface area (Å²) < 4.78 is 44.0. The van der Waals surface area contributed by atoms with Crippen LogP contribution in [0, 0.1) is 0 Å². The van der Waals surface area contributed by atoms with E-state index in [0.29, 0.717) is 16.5 Å². The standard InChI is InChI=1S/C25H27ClN2O6S/c1-17(18-5-11-21(32-2)12-6-18)27-25(29)16-28(20-9-7-19(26)8-10-20)35(30,31)22-13-14-23(33-3)24(15-22)34-4/h5-15,17H,16H2,1-4H3,(H,27,29)/t17-/m1/s1. The molecule has 0 spiro atoms. The topological polar surface area (TPSA) is 94.2 Å². The van der Waals surface area contributed by atoms with Crippen molar-refractivity contribution in [2.75, 3.05) is 32.2 Å². The highest BCUT2D eigenvalue weighted by Crippen LogP contribution is 2.32. The molecule has 0 aliphatic rings. The van der Waals surface area contributed by atoms with Gasteiger partial charge in [-0.1, -0.05) is 23.7 Å². The Morgan fingerprint density at radius 3 is 2.11 bits per heavy atom. The normalized spacial score (nSPS) is 11.9. The van der Waals surface area contributed by atoms with Crippen LogP contribution in [0.1, 0.15) is 18.5 Å². The van der Waals surface area contributed by atoms with E-state index >= 15 is 0 Å². The molecule has 0 aliphatic carbocycles. The Kier molecular flexibility index (Phi) is 8.48. The number of nitrogens with zero attached hydrogens (tertiary/aromatic N) is 1. The third kappa shape index (κ3) is 6.17. The molecule has 0 radical (unpaired) electrons. The number of hydrogen-bond donors (Lipinski definition) is 1. The first kappa shape index (κ1) is 26.2. The van der Waals surface area contributed by atoms with Gasteiger partial charge in [0.15, 0.2) is 11.5 Å². The number of anilines is 1. The average Bonchev–Trinajstić information content (AvgIpc) is 2.87. The zero-order valence-electron chi connectivity index (χ0n) is 19.8. The molecule has 0 aliphatic heterocycles. The molecule has 0 heterocycles. The van der Waals surface area contributed by atoms with Crippen LogP contribution < -0.4 is 23.8 Å². The smallest absolute Gasteiger partial charge is 0.264 e. The maximum absolute atomic E-state index is 13.6. The first-order valence-electron chi connectivity index (χ1n) is 10.6. The number of carbonyl (C=O) groups is 1. The van der Waals surface area contributed by atoms with Crippen molar-refractivity contribution in [2.45, 2.75) is 17.9 Å². The summed E-state index contributed by atoms with van der Waals surface area (Å²) in [6.07, 6.45) is 0. The zero-order chi connectivity index (χ0) is 25.6. The summed E-state index contributed by atoms with van der Waals surface area (Å²) in [5, 5.41) is 3.29. The van der Waals surface area contributed by atoms with Gasteiger partial charge < -0.3 is 19.5 Å². The SMILES string of the molecule is COc1ccc([C@@H](C)NC(=O)CN(c2ccc(Cl)cc2)S(=O)(=O)c2ccc(OC)c(OC)c2)cc1. The zero-order valence-corrected chi connectivity index (χ0v) is 21.4. The van der Waals surface area contributed by atoms with E-state index in [-0.39, 0.29) is 22.4 Å². The largest absolute Gasteiger partial charge is 0.497 e. The fourth-order valence-corrected chi connectivity index (χ4v) is 4.98. The molecule has 10 heteroatoms. The van der Waals surface area contributed by atoms with Gasteiger partial charge in [-0.15, -0.1) is 0 Å². The van der Waals surface area contributed by atoms with Crippen LogP contribution in [0.2, 0.25) is 5.02 Å². The van der Waals surface area contributed by atoms with Gasteiger partial charge in [0.2, 0.25) is 5.91 Å². The molecule has 3 rings (SSSR count). The highest BCUT2D eigenvalue weighted by Gasteiger charge is 2.29. The minimum absolute atomic E-state index is 0.0545. The third-order valence-corrected chi connectivity index (χ3v) is 7.36. The van der Waals surface area contributed by atoms with E-state index in [1.165, 1.54) is 32.4 Å². The van der Waals surface area contributed by atoms with Crippen LogP contribution in [0.4, 0.5) is 5.69 Å². The fraction of sp³-hybridized carbons (Fsp3) is 0.240. The summed E-state index contributed by atoms with van der Waals surface area (Å²) in [5.74, 6) is 0.854. The number of ether oxygens (including phenoxy) is 3. The van der Waals surface area contributed by atoms with E-state index in [0.717, 1.165) is 9.87 Å². The van der Waals surface area contributed by atoms with E-state index in [2.05, 4.69) is 5.32 Å². The van der Waals surface area contributed by atoms with E-state index < -0.39 is 22.5 Å². The Bertz CT molecular complexity index is 1260. The Morgan fingerprint density at radius 2 is 1.54 bits per heavy atom. The van der Waals surface area contributed by atoms with Crippen molar-refractivity contribution in [3.05, 3.63) is 77.3 Å². The van der Waals surface area contributed by atoms with Crippen molar-refractivity contribution in [1.29, 1.82) is 0 Å². The van der Waals surface area contributed by atoms with E-state index in [9.17, 15) is 13.2 Å². The highest BCUT2D eigenvalue weighted by molar-refractivity contribution is 7.92. The van der Waals surface area contributed by atoms with E-state index in [1.807, 2.05) is 19.1 Å². The van der Waals surface area contributed by atoms with Crippen LogP contribution in [0.15, 0.2) is 71.6 Å². The van der Waals surface area contributed by atoms with Gasteiger partial charge in [0, 0.05) is 11.1 Å². The van der Waals surface area contributed by atoms with Gasteiger partial charge in [0.1, 0.15) is 12.3 Å². The molecule has 3 aromatic carbocycles. The predicted octanol–water partition coefficient (Wildman–Crippen LogP) is 4.44.